The summed E-state index contributed by atoms with van der Waals surface area (Å²) in [6, 6.07) is 4.10. The van der Waals surface area contributed by atoms with Crippen LogP contribution in [0.5, 0.6) is 5.75 Å². The minimum Gasteiger partial charge on any atom is -0.490 e. The lowest BCUT2D eigenvalue weighted by Crippen LogP contribution is -2.56. The van der Waals surface area contributed by atoms with Gasteiger partial charge in [0.25, 0.3) is 0 Å². The van der Waals surface area contributed by atoms with Gasteiger partial charge >= 0.3 is 0 Å². The van der Waals surface area contributed by atoms with Crippen LogP contribution in [0.2, 0.25) is 5.02 Å². The standard InChI is InChI=1S/C16H22BrClO/c1-5-16(6-2)13(17)9-14(16)19-12-7-10(3)15(18)11(4)8-12/h7-8,13-14H,5-6,9H2,1-4H3. The summed E-state index contributed by atoms with van der Waals surface area (Å²) in [4.78, 5) is 0.578. The van der Waals surface area contributed by atoms with Crippen LogP contribution in [0.25, 0.3) is 0 Å². The molecule has 1 aromatic rings. The molecule has 2 rings (SSSR count). The maximum Gasteiger partial charge on any atom is 0.120 e. The Bertz CT molecular complexity index is 445. The smallest absolute Gasteiger partial charge is 0.120 e. The van der Waals surface area contributed by atoms with E-state index in [9.17, 15) is 0 Å². The molecule has 0 saturated heterocycles. The first-order valence-corrected chi connectivity index (χ1v) is 8.31. The van der Waals surface area contributed by atoms with Crippen LogP contribution in [-0.2, 0) is 0 Å². The van der Waals surface area contributed by atoms with Gasteiger partial charge in [-0.2, -0.15) is 0 Å². The van der Waals surface area contributed by atoms with Gasteiger partial charge in [0.15, 0.2) is 0 Å². The van der Waals surface area contributed by atoms with Gasteiger partial charge in [-0.15, -0.1) is 0 Å². The first-order chi connectivity index (χ1) is 8.94. The van der Waals surface area contributed by atoms with E-state index in [1.165, 1.54) is 0 Å². The van der Waals surface area contributed by atoms with Crippen molar-refractivity contribution in [2.75, 3.05) is 0 Å². The number of ether oxygens (including phenoxy) is 1. The molecule has 1 aliphatic carbocycles. The number of alkyl halides is 1. The highest BCUT2D eigenvalue weighted by atomic mass is 79.9. The lowest BCUT2D eigenvalue weighted by Gasteiger charge is -2.52. The maximum absolute atomic E-state index is 6.25. The van der Waals surface area contributed by atoms with E-state index in [0.717, 1.165) is 41.2 Å². The molecule has 0 radical (unpaired) electrons. The molecule has 2 unspecified atom stereocenters. The molecular weight excluding hydrogens is 324 g/mol. The van der Waals surface area contributed by atoms with E-state index in [1.807, 2.05) is 26.0 Å². The maximum atomic E-state index is 6.25. The zero-order valence-electron chi connectivity index (χ0n) is 12.1. The molecule has 0 bridgehead atoms. The van der Waals surface area contributed by atoms with Crippen molar-refractivity contribution < 1.29 is 4.74 Å². The Morgan fingerprint density at radius 2 is 1.79 bits per heavy atom. The molecule has 0 aliphatic heterocycles. The normalized spacial score (nSPS) is 24.9. The number of hydrogen-bond acceptors (Lipinski definition) is 1. The van der Waals surface area contributed by atoms with E-state index in [-0.39, 0.29) is 5.41 Å². The molecule has 0 heterocycles. The Morgan fingerprint density at radius 1 is 1.26 bits per heavy atom. The van der Waals surface area contributed by atoms with Crippen molar-refractivity contribution in [3.05, 3.63) is 28.3 Å². The second-order valence-electron chi connectivity index (χ2n) is 5.62. The van der Waals surface area contributed by atoms with Crippen LogP contribution in [-0.4, -0.2) is 10.9 Å². The molecule has 0 spiro atoms. The quantitative estimate of drug-likeness (QED) is 0.638. The Balaban J connectivity index is 2.19. The minimum absolute atomic E-state index is 0.279. The molecule has 0 aromatic heterocycles. The van der Waals surface area contributed by atoms with Gasteiger partial charge in [0.2, 0.25) is 0 Å². The predicted molar refractivity (Wildman–Crippen MR) is 85.7 cm³/mol. The third-order valence-electron chi connectivity index (χ3n) is 4.69. The minimum atomic E-state index is 0.279. The first kappa shape index (κ1) is 15.2. The fraction of sp³-hybridized carbons (Fsp3) is 0.625. The monoisotopic (exact) mass is 344 g/mol. The van der Waals surface area contributed by atoms with Gasteiger partial charge in [-0.05, 0) is 56.4 Å². The van der Waals surface area contributed by atoms with E-state index in [2.05, 4.69) is 29.8 Å². The summed E-state index contributed by atoms with van der Waals surface area (Å²) in [5.41, 5.74) is 2.46. The van der Waals surface area contributed by atoms with E-state index < -0.39 is 0 Å². The van der Waals surface area contributed by atoms with Gasteiger partial charge in [-0.1, -0.05) is 41.4 Å². The third-order valence-corrected chi connectivity index (χ3v) is 6.57. The third kappa shape index (κ3) is 2.54. The Morgan fingerprint density at radius 3 is 2.21 bits per heavy atom. The van der Waals surface area contributed by atoms with Gasteiger partial charge < -0.3 is 4.74 Å². The van der Waals surface area contributed by atoms with Gasteiger partial charge in [0.05, 0.1) is 0 Å². The summed E-state index contributed by atoms with van der Waals surface area (Å²) in [6.07, 6.45) is 3.69. The van der Waals surface area contributed by atoms with Gasteiger partial charge in [0.1, 0.15) is 11.9 Å². The zero-order chi connectivity index (χ0) is 14.2. The average Bonchev–Trinajstić information content (AvgIpc) is 2.37. The molecule has 19 heavy (non-hydrogen) atoms. The summed E-state index contributed by atoms with van der Waals surface area (Å²) in [7, 11) is 0. The van der Waals surface area contributed by atoms with E-state index in [1.54, 1.807) is 0 Å². The summed E-state index contributed by atoms with van der Waals surface area (Å²) < 4.78 is 6.25. The van der Waals surface area contributed by atoms with Gasteiger partial charge in [-0.3, -0.25) is 0 Å². The largest absolute Gasteiger partial charge is 0.490 e. The van der Waals surface area contributed by atoms with Crippen LogP contribution in [0, 0.1) is 19.3 Å². The van der Waals surface area contributed by atoms with Crippen LogP contribution >= 0.6 is 27.5 Å². The summed E-state index contributed by atoms with van der Waals surface area (Å²) >= 11 is 10.0. The second kappa shape index (κ2) is 5.65. The molecule has 1 aromatic carbocycles. The molecule has 0 N–H and O–H groups in total. The van der Waals surface area contributed by atoms with Crippen molar-refractivity contribution in [1.82, 2.24) is 0 Å². The van der Waals surface area contributed by atoms with E-state index >= 15 is 0 Å². The fourth-order valence-corrected chi connectivity index (χ4v) is 4.54. The molecule has 0 amide bonds. The molecule has 3 heteroatoms. The first-order valence-electron chi connectivity index (χ1n) is 7.02. The molecular formula is C16H22BrClO. The van der Waals surface area contributed by atoms with Crippen molar-refractivity contribution in [2.24, 2.45) is 5.41 Å². The van der Waals surface area contributed by atoms with Crippen LogP contribution in [0.15, 0.2) is 12.1 Å². The van der Waals surface area contributed by atoms with Crippen molar-refractivity contribution in [1.29, 1.82) is 0 Å². The predicted octanol–water partition coefficient (Wildman–Crippen LogP) is 5.68. The van der Waals surface area contributed by atoms with Gasteiger partial charge in [0, 0.05) is 15.3 Å². The number of halogens is 2. The number of benzene rings is 1. The van der Waals surface area contributed by atoms with Crippen LogP contribution in [0.3, 0.4) is 0 Å². The van der Waals surface area contributed by atoms with Gasteiger partial charge in [-0.25, -0.2) is 0 Å². The van der Waals surface area contributed by atoms with E-state index in [4.69, 9.17) is 16.3 Å². The lowest BCUT2D eigenvalue weighted by molar-refractivity contribution is -0.0411. The Hall–Kier alpha value is -0.210. The highest BCUT2D eigenvalue weighted by Crippen LogP contribution is 2.52. The van der Waals surface area contributed by atoms with Crippen molar-refractivity contribution in [2.45, 2.75) is 57.9 Å². The van der Waals surface area contributed by atoms with Crippen LogP contribution < -0.4 is 4.74 Å². The zero-order valence-corrected chi connectivity index (χ0v) is 14.4. The highest BCUT2D eigenvalue weighted by Gasteiger charge is 2.53. The summed E-state index contributed by atoms with van der Waals surface area (Å²) in [5.74, 6) is 0.954. The topological polar surface area (TPSA) is 9.23 Å². The second-order valence-corrected chi connectivity index (χ2v) is 7.10. The SMILES string of the molecule is CCC1(CC)C(Br)CC1Oc1cc(C)c(Cl)c(C)c1. The lowest BCUT2D eigenvalue weighted by atomic mass is 9.62. The molecule has 1 nitrogen and oxygen atoms in total. The highest BCUT2D eigenvalue weighted by molar-refractivity contribution is 9.09. The number of aryl methyl sites for hydroxylation is 2. The molecule has 1 fully saturated rings. The summed E-state index contributed by atoms with van der Waals surface area (Å²) in [5, 5.41) is 0.844. The number of hydrogen-bond donors (Lipinski definition) is 0. The molecule has 1 aliphatic rings. The Labute approximate surface area is 129 Å². The fourth-order valence-electron chi connectivity index (χ4n) is 3.15. The van der Waals surface area contributed by atoms with E-state index in [0.29, 0.717) is 10.9 Å². The van der Waals surface area contributed by atoms with Crippen LogP contribution in [0.4, 0.5) is 0 Å². The molecule has 106 valence electrons. The summed E-state index contributed by atoms with van der Waals surface area (Å²) in [6.45, 7) is 8.57. The molecule has 2 atom stereocenters. The number of rotatable bonds is 4. The Kier molecular flexibility index (Phi) is 4.52. The van der Waals surface area contributed by atoms with Crippen molar-refractivity contribution in [3.63, 3.8) is 0 Å². The van der Waals surface area contributed by atoms with Crippen LogP contribution in [0.1, 0.15) is 44.2 Å². The molecule has 1 saturated carbocycles. The average molecular weight is 346 g/mol. The van der Waals surface area contributed by atoms with Crippen molar-refractivity contribution in [3.8, 4) is 5.75 Å². The van der Waals surface area contributed by atoms with Crippen molar-refractivity contribution >= 4 is 27.5 Å².